The number of hydrogen-bond donors (Lipinski definition) is 2. The maximum atomic E-state index is 13.7. The second-order valence-corrected chi connectivity index (χ2v) is 6.13. The number of pyridine rings is 1. The zero-order valence-corrected chi connectivity index (χ0v) is 13.8. The van der Waals surface area contributed by atoms with Crippen molar-refractivity contribution < 1.29 is 4.39 Å². The molecule has 1 heterocycles. The number of guanidine groups is 1. The standard InChI is InChI=1S/C18H20FN5/c1-10-3-4-13(19)9-14(10)12-7-15-17(11(2)5-6-22-15)16(8-12)23-24-18(20)21/h3-6,9,12H,7-8H2,1-2H3,(H4,20,21,24)/b23-16+/t12-/m0/s1. The van der Waals surface area contributed by atoms with Gasteiger partial charge >= 0.3 is 0 Å². The molecule has 4 N–H and O–H groups in total. The summed E-state index contributed by atoms with van der Waals surface area (Å²) in [4.78, 5) is 4.50. The molecule has 1 aromatic heterocycles. The average Bonchev–Trinajstić information content (AvgIpc) is 2.54. The van der Waals surface area contributed by atoms with Gasteiger partial charge in [0.1, 0.15) is 5.82 Å². The molecular formula is C18H20FN5. The predicted molar refractivity (Wildman–Crippen MR) is 93.5 cm³/mol. The van der Waals surface area contributed by atoms with E-state index in [1.54, 1.807) is 18.3 Å². The van der Waals surface area contributed by atoms with Gasteiger partial charge in [0.15, 0.2) is 0 Å². The molecule has 24 heavy (non-hydrogen) atoms. The van der Waals surface area contributed by atoms with Crippen molar-refractivity contribution in [1.29, 1.82) is 0 Å². The van der Waals surface area contributed by atoms with Gasteiger partial charge in [-0.3, -0.25) is 4.98 Å². The summed E-state index contributed by atoms with van der Waals surface area (Å²) >= 11 is 0. The number of aryl methyl sites for hydroxylation is 2. The van der Waals surface area contributed by atoms with Crippen LogP contribution in [0.5, 0.6) is 0 Å². The first-order valence-electron chi connectivity index (χ1n) is 7.82. The van der Waals surface area contributed by atoms with Crippen molar-refractivity contribution >= 4 is 11.7 Å². The van der Waals surface area contributed by atoms with E-state index >= 15 is 0 Å². The molecule has 1 aliphatic rings. The Morgan fingerprint density at radius 2 is 1.96 bits per heavy atom. The summed E-state index contributed by atoms with van der Waals surface area (Å²) in [6.07, 6.45) is 3.16. The van der Waals surface area contributed by atoms with Crippen LogP contribution in [0.25, 0.3) is 0 Å². The van der Waals surface area contributed by atoms with Gasteiger partial charge < -0.3 is 11.5 Å². The molecule has 0 saturated carbocycles. The lowest BCUT2D eigenvalue weighted by Gasteiger charge is -2.27. The maximum Gasteiger partial charge on any atom is 0.211 e. The Labute approximate surface area is 140 Å². The molecule has 5 nitrogen and oxygen atoms in total. The highest BCUT2D eigenvalue weighted by molar-refractivity contribution is 6.04. The molecule has 2 aromatic rings. The minimum Gasteiger partial charge on any atom is -0.369 e. The van der Waals surface area contributed by atoms with E-state index < -0.39 is 0 Å². The second-order valence-electron chi connectivity index (χ2n) is 6.13. The molecule has 1 aromatic carbocycles. The zero-order chi connectivity index (χ0) is 17.3. The first-order valence-corrected chi connectivity index (χ1v) is 7.82. The van der Waals surface area contributed by atoms with Gasteiger partial charge in [-0.2, -0.15) is 5.10 Å². The highest BCUT2D eigenvalue weighted by Gasteiger charge is 2.28. The molecule has 0 amide bonds. The Morgan fingerprint density at radius 1 is 1.17 bits per heavy atom. The Morgan fingerprint density at radius 3 is 2.71 bits per heavy atom. The van der Waals surface area contributed by atoms with E-state index in [0.717, 1.165) is 40.1 Å². The molecule has 0 aliphatic heterocycles. The first kappa shape index (κ1) is 16.1. The van der Waals surface area contributed by atoms with Crippen LogP contribution in [-0.2, 0) is 6.42 Å². The van der Waals surface area contributed by atoms with Gasteiger partial charge in [-0.05, 0) is 67.5 Å². The summed E-state index contributed by atoms with van der Waals surface area (Å²) in [6.45, 7) is 4.00. The number of nitrogens with two attached hydrogens (primary N) is 2. The normalized spacial score (nSPS) is 18.3. The molecule has 0 bridgehead atoms. The first-order chi connectivity index (χ1) is 11.5. The molecular weight excluding hydrogens is 305 g/mol. The molecule has 0 unspecified atom stereocenters. The fraction of sp³-hybridized carbons (Fsp3) is 0.278. The van der Waals surface area contributed by atoms with E-state index in [9.17, 15) is 4.39 Å². The summed E-state index contributed by atoms with van der Waals surface area (Å²) in [6, 6.07) is 6.82. The van der Waals surface area contributed by atoms with E-state index in [2.05, 4.69) is 15.2 Å². The highest BCUT2D eigenvalue weighted by atomic mass is 19.1. The number of nitrogens with zero attached hydrogens (tertiary/aromatic N) is 3. The molecule has 124 valence electrons. The third-order valence-corrected chi connectivity index (χ3v) is 4.37. The molecule has 1 aliphatic carbocycles. The minimum absolute atomic E-state index is 0.0883. The van der Waals surface area contributed by atoms with Crippen molar-refractivity contribution in [1.82, 2.24) is 4.98 Å². The van der Waals surface area contributed by atoms with Crippen molar-refractivity contribution in [2.24, 2.45) is 21.7 Å². The largest absolute Gasteiger partial charge is 0.369 e. The monoisotopic (exact) mass is 325 g/mol. The molecule has 0 fully saturated rings. The lowest BCUT2D eigenvalue weighted by Crippen LogP contribution is -2.24. The van der Waals surface area contributed by atoms with Gasteiger partial charge in [0, 0.05) is 11.8 Å². The Bertz CT molecular complexity index is 837. The number of aromatic nitrogens is 1. The number of rotatable bonds is 2. The minimum atomic E-state index is -0.235. The van der Waals surface area contributed by atoms with Crippen LogP contribution < -0.4 is 11.5 Å². The van der Waals surface area contributed by atoms with Crippen LogP contribution >= 0.6 is 0 Å². The summed E-state index contributed by atoms with van der Waals surface area (Å²) in [7, 11) is 0. The molecule has 0 radical (unpaired) electrons. The topological polar surface area (TPSA) is 89.6 Å². The molecule has 0 spiro atoms. The third-order valence-electron chi connectivity index (χ3n) is 4.37. The van der Waals surface area contributed by atoms with Crippen LogP contribution in [0.4, 0.5) is 4.39 Å². The number of hydrogen-bond acceptors (Lipinski definition) is 3. The van der Waals surface area contributed by atoms with Gasteiger partial charge in [0.25, 0.3) is 0 Å². The van der Waals surface area contributed by atoms with Gasteiger partial charge in [-0.25, -0.2) is 4.39 Å². The lowest BCUT2D eigenvalue weighted by atomic mass is 9.79. The fourth-order valence-electron chi connectivity index (χ4n) is 3.28. The lowest BCUT2D eigenvalue weighted by molar-refractivity contribution is 0.612. The third kappa shape index (κ3) is 3.13. The van der Waals surface area contributed by atoms with Crippen LogP contribution in [-0.4, -0.2) is 16.7 Å². The molecule has 6 heteroatoms. The SMILES string of the molecule is Cc1ccc(F)cc1[C@@H]1C/C(=N\N=C(N)N)c2c(C)ccnc2C1. The van der Waals surface area contributed by atoms with E-state index in [1.165, 1.54) is 6.07 Å². The predicted octanol–water partition coefficient (Wildman–Crippen LogP) is 2.55. The van der Waals surface area contributed by atoms with Crippen molar-refractivity contribution in [3.05, 3.63) is 64.2 Å². The van der Waals surface area contributed by atoms with Crippen LogP contribution in [0, 0.1) is 19.7 Å². The summed E-state index contributed by atoms with van der Waals surface area (Å²) in [5.74, 6) is -0.230. The van der Waals surface area contributed by atoms with Gasteiger partial charge in [-0.15, -0.1) is 5.10 Å². The van der Waals surface area contributed by atoms with Crippen molar-refractivity contribution in [2.45, 2.75) is 32.6 Å². The molecule has 0 saturated heterocycles. The summed E-state index contributed by atoms with van der Waals surface area (Å²) in [5, 5.41) is 8.05. The number of halogens is 1. The number of benzene rings is 1. The summed E-state index contributed by atoms with van der Waals surface area (Å²) in [5.41, 5.74) is 16.7. The van der Waals surface area contributed by atoms with E-state index in [1.807, 2.05) is 19.9 Å². The second kappa shape index (κ2) is 6.39. The van der Waals surface area contributed by atoms with Crippen molar-refractivity contribution in [3.63, 3.8) is 0 Å². The summed E-state index contributed by atoms with van der Waals surface area (Å²) < 4.78 is 13.7. The maximum absolute atomic E-state index is 13.7. The molecule has 3 rings (SSSR count). The van der Waals surface area contributed by atoms with Crippen LogP contribution in [0.2, 0.25) is 0 Å². The Balaban J connectivity index is 2.10. The number of fused-ring (bicyclic) bond motifs is 1. The van der Waals surface area contributed by atoms with E-state index in [0.29, 0.717) is 6.42 Å². The van der Waals surface area contributed by atoms with Gasteiger partial charge in [-0.1, -0.05) is 6.07 Å². The quantitative estimate of drug-likeness (QED) is 0.505. The van der Waals surface area contributed by atoms with E-state index in [4.69, 9.17) is 11.5 Å². The van der Waals surface area contributed by atoms with Crippen molar-refractivity contribution in [3.8, 4) is 0 Å². The Hall–Kier alpha value is -2.76. The highest BCUT2D eigenvalue weighted by Crippen LogP contribution is 2.35. The van der Waals surface area contributed by atoms with Crippen molar-refractivity contribution in [2.75, 3.05) is 0 Å². The van der Waals surface area contributed by atoms with Crippen LogP contribution in [0.3, 0.4) is 0 Å². The van der Waals surface area contributed by atoms with Gasteiger partial charge in [0.2, 0.25) is 5.96 Å². The molecule has 1 atom stereocenters. The Kier molecular flexibility index (Phi) is 4.29. The van der Waals surface area contributed by atoms with E-state index in [-0.39, 0.29) is 17.7 Å². The fourth-order valence-corrected chi connectivity index (χ4v) is 3.28. The van der Waals surface area contributed by atoms with Gasteiger partial charge in [0.05, 0.1) is 11.4 Å². The average molecular weight is 325 g/mol. The smallest absolute Gasteiger partial charge is 0.211 e. The van der Waals surface area contributed by atoms with Crippen LogP contribution in [0.15, 0.2) is 40.7 Å². The zero-order valence-electron chi connectivity index (χ0n) is 13.8. The van der Waals surface area contributed by atoms with Crippen LogP contribution in [0.1, 0.15) is 40.3 Å².